The maximum Gasteiger partial charge on any atom is 0.243 e. The van der Waals surface area contributed by atoms with Crippen LogP contribution in [0, 0.1) is 11.3 Å². The van der Waals surface area contributed by atoms with Crippen molar-refractivity contribution >= 4 is 15.9 Å². The van der Waals surface area contributed by atoms with E-state index in [-0.39, 0.29) is 16.7 Å². The summed E-state index contributed by atoms with van der Waals surface area (Å²) in [4.78, 5) is 17.7. The molecule has 9 heteroatoms. The van der Waals surface area contributed by atoms with E-state index in [2.05, 4.69) is 25.7 Å². The lowest BCUT2D eigenvalue weighted by Gasteiger charge is -2.39. The number of ether oxygens (including phenoxy) is 2. The summed E-state index contributed by atoms with van der Waals surface area (Å²) in [6.07, 6.45) is 3.04. The summed E-state index contributed by atoms with van der Waals surface area (Å²) in [5.74, 6) is 1.14. The summed E-state index contributed by atoms with van der Waals surface area (Å²) >= 11 is 0. The molecule has 8 nitrogen and oxygen atoms in total. The molecule has 1 aromatic carbocycles. The van der Waals surface area contributed by atoms with Crippen LogP contribution < -0.4 is 9.47 Å². The molecule has 0 bridgehead atoms. The molecule has 2 saturated heterocycles. The van der Waals surface area contributed by atoms with Gasteiger partial charge in [0.2, 0.25) is 15.9 Å². The Morgan fingerprint density at radius 1 is 0.971 bits per heavy atom. The van der Waals surface area contributed by atoms with Crippen molar-refractivity contribution in [2.24, 2.45) is 11.3 Å². The Bertz CT molecular complexity index is 959. The van der Waals surface area contributed by atoms with E-state index in [1.807, 2.05) is 4.90 Å². The number of hydrogen-bond donors (Lipinski definition) is 0. The zero-order valence-corrected chi connectivity index (χ0v) is 21.6. The molecule has 0 atom stereocenters. The first-order valence-electron chi connectivity index (χ1n) is 12.5. The molecule has 0 saturated carbocycles. The molecule has 2 fully saturated rings. The normalized spacial score (nSPS) is 21.3. The summed E-state index contributed by atoms with van der Waals surface area (Å²) < 4.78 is 39.2. The molecule has 0 unspecified atom stereocenters. The molecular formula is C25H39N3O5S. The van der Waals surface area contributed by atoms with E-state index in [0.717, 1.165) is 45.6 Å². The minimum atomic E-state index is -3.64. The average Bonchev–Trinajstić information content (AvgIpc) is 3.07. The van der Waals surface area contributed by atoms with Gasteiger partial charge in [0.15, 0.2) is 11.5 Å². The Kier molecular flexibility index (Phi) is 7.74. The zero-order chi connectivity index (χ0) is 24.3. The predicted octanol–water partition coefficient (Wildman–Crippen LogP) is 2.83. The Labute approximate surface area is 204 Å². The lowest BCUT2D eigenvalue weighted by molar-refractivity contribution is -0.138. The van der Waals surface area contributed by atoms with E-state index in [1.54, 1.807) is 18.2 Å². The van der Waals surface area contributed by atoms with Crippen molar-refractivity contribution in [3.8, 4) is 11.5 Å². The van der Waals surface area contributed by atoms with Crippen molar-refractivity contribution in [3.63, 3.8) is 0 Å². The van der Waals surface area contributed by atoms with Crippen LogP contribution in [-0.2, 0) is 14.8 Å². The van der Waals surface area contributed by atoms with Gasteiger partial charge in [-0.15, -0.1) is 0 Å². The van der Waals surface area contributed by atoms with Gasteiger partial charge < -0.3 is 14.4 Å². The predicted molar refractivity (Wildman–Crippen MR) is 131 cm³/mol. The standard InChI is InChI=1S/C25H39N3O5S/c1-25(2,3)9-12-26-13-15-27(16-14-26)24(29)20-7-10-28(11-8-20)34(30,31)21-5-6-22-23(19-21)33-18-4-17-32-22/h5-6,19-20H,4,7-18H2,1-3H3. The highest BCUT2D eigenvalue weighted by atomic mass is 32.2. The lowest BCUT2D eigenvalue weighted by atomic mass is 9.92. The molecule has 1 aromatic rings. The van der Waals surface area contributed by atoms with Crippen molar-refractivity contribution in [3.05, 3.63) is 18.2 Å². The average molecular weight is 494 g/mol. The second-order valence-corrected chi connectivity index (χ2v) is 12.8. The van der Waals surface area contributed by atoms with Gasteiger partial charge in [-0.25, -0.2) is 8.42 Å². The number of carbonyl (C=O) groups excluding carboxylic acids is 1. The number of piperazine rings is 1. The maximum absolute atomic E-state index is 13.2. The van der Waals surface area contributed by atoms with Crippen molar-refractivity contribution in [1.82, 2.24) is 14.1 Å². The molecule has 34 heavy (non-hydrogen) atoms. The van der Waals surface area contributed by atoms with Gasteiger partial charge in [-0.3, -0.25) is 9.69 Å². The SMILES string of the molecule is CC(C)(C)CCN1CCN(C(=O)C2CCN(S(=O)(=O)c3ccc4c(c3)OCCCO4)CC2)CC1. The molecule has 0 N–H and O–H groups in total. The van der Waals surface area contributed by atoms with Gasteiger partial charge >= 0.3 is 0 Å². The number of sulfonamides is 1. The van der Waals surface area contributed by atoms with Crippen LogP contribution in [0.2, 0.25) is 0 Å². The number of carbonyl (C=O) groups is 1. The maximum atomic E-state index is 13.2. The van der Waals surface area contributed by atoms with Crippen molar-refractivity contribution in [2.45, 2.75) is 51.3 Å². The Balaban J connectivity index is 1.29. The topological polar surface area (TPSA) is 79.4 Å². The molecule has 0 spiro atoms. The highest BCUT2D eigenvalue weighted by Gasteiger charge is 2.35. The fourth-order valence-electron chi connectivity index (χ4n) is 4.74. The van der Waals surface area contributed by atoms with Crippen LogP contribution in [0.15, 0.2) is 23.1 Å². The number of benzene rings is 1. The van der Waals surface area contributed by atoms with Crippen LogP contribution in [0.1, 0.15) is 46.5 Å². The van der Waals surface area contributed by atoms with Gasteiger partial charge in [0, 0.05) is 57.7 Å². The zero-order valence-electron chi connectivity index (χ0n) is 20.8. The van der Waals surface area contributed by atoms with Crippen molar-refractivity contribution < 1.29 is 22.7 Å². The fourth-order valence-corrected chi connectivity index (χ4v) is 6.23. The molecule has 3 heterocycles. The minimum Gasteiger partial charge on any atom is -0.490 e. The molecule has 4 rings (SSSR count). The molecule has 0 aliphatic carbocycles. The first-order valence-corrected chi connectivity index (χ1v) is 14.0. The van der Waals surface area contributed by atoms with Crippen LogP contribution in [0.25, 0.3) is 0 Å². The third-order valence-corrected chi connectivity index (χ3v) is 8.92. The van der Waals surface area contributed by atoms with Gasteiger partial charge in [0.1, 0.15) is 0 Å². The number of hydrogen-bond acceptors (Lipinski definition) is 6. The number of amides is 1. The smallest absolute Gasteiger partial charge is 0.243 e. The lowest BCUT2D eigenvalue weighted by Crippen LogP contribution is -2.52. The van der Waals surface area contributed by atoms with Crippen LogP contribution in [0.4, 0.5) is 0 Å². The van der Waals surface area contributed by atoms with Crippen LogP contribution in [0.3, 0.4) is 0 Å². The summed E-state index contributed by atoms with van der Waals surface area (Å²) in [5, 5.41) is 0. The van der Waals surface area contributed by atoms with Gasteiger partial charge in [0.05, 0.1) is 18.1 Å². The first-order chi connectivity index (χ1) is 16.1. The molecule has 3 aliphatic heterocycles. The van der Waals surface area contributed by atoms with Crippen molar-refractivity contribution in [2.75, 3.05) is 59.0 Å². The number of piperidine rings is 1. The largest absolute Gasteiger partial charge is 0.490 e. The van der Waals surface area contributed by atoms with Crippen LogP contribution >= 0.6 is 0 Å². The van der Waals surface area contributed by atoms with E-state index < -0.39 is 10.0 Å². The molecule has 190 valence electrons. The molecule has 0 aromatic heterocycles. The van der Waals surface area contributed by atoms with E-state index in [9.17, 15) is 13.2 Å². The Hall–Kier alpha value is -1.84. The Morgan fingerprint density at radius 3 is 2.26 bits per heavy atom. The number of fused-ring (bicyclic) bond motifs is 1. The third kappa shape index (κ3) is 6.04. The van der Waals surface area contributed by atoms with Gasteiger partial charge in [0.25, 0.3) is 0 Å². The summed E-state index contributed by atoms with van der Waals surface area (Å²) in [7, 11) is -3.64. The van der Waals surface area contributed by atoms with E-state index in [0.29, 0.717) is 56.1 Å². The third-order valence-electron chi connectivity index (χ3n) is 7.02. The molecule has 0 radical (unpaired) electrons. The molecule has 3 aliphatic rings. The number of nitrogens with zero attached hydrogens (tertiary/aromatic N) is 3. The second-order valence-electron chi connectivity index (χ2n) is 10.8. The summed E-state index contributed by atoms with van der Waals surface area (Å²) in [6, 6.07) is 4.82. The number of rotatable bonds is 5. The Morgan fingerprint density at radius 2 is 1.62 bits per heavy atom. The fraction of sp³-hybridized carbons (Fsp3) is 0.720. The highest BCUT2D eigenvalue weighted by molar-refractivity contribution is 7.89. The molecule has 1 amide bonds. The monoisotopic (exact) mass is 493 g/mol. The van der Waals surface area contributed by atoms with Crippen LogP contribution in [-0.4, -0.2) is 87.5 Å². The minimum absolute atomic E-state index is 0.101. The summed E-state index contributed by atoms with van der Waals surface area (Å²) in [6.45, 7) is 13.0. The summed E-state index contributed by atoms with van der Waals surface area (Å²) in [5.41, 5.74) is 0.320. The van der Waals surface area contributed by atoms with Gasteiger partial charge in [-0.05, 0) is 43.4 Å². The van der Waals surface area contributed by atoms with Gasteiger partial charge in [-0.1, -0.05) is 20.8 Å². The van der Waals surface area contributed by atoms with Crippen LogP contribution in [0.5, 0.6) is 11.5 Å². The van der Waals surface area contributed by atoms with Crippen molar-refractivity contribution in [1.29, 1.82) is 0 Å². The second kappa shape index (κ2) is 10.4. The van der Waals surface area contributed by atoms with E-state index in [1.165, 1.54) is 4.31 Å². The van der Waals surface area contributed by atoms with E-state index >= 15 is 0 Å². The molecular weight excluding hydrogens is 454 g/mol. The van der Waals surface area contributed by atoms with E-state index in [4.69, 9.17) is 9.47 Å². The van der Waals surface area contributed by atoms with Gasteiger partial charge in [-0.2, -0.15) is 4.31 Å². The first kappa shape index (κ1) is 25.3. The highest BCUT2D eigenvalue weighted by Crippen LogP contribution is 2.34. The quantitative estimate of drug-likeness (QED) is 0.628.